The molecule has 1 aliphatic rings. The van der Waals surface area contributed by atoms with Crippen molar-refractivity contribution in [2.75, 3.05) is 6.61 Å². The first kappa shape index (κ1) is 18.9. The van der Waals surface area contributed by atoms with Crippen LogP contribution in [0.4, 0.5) is 0 Å². The number of aromatic nitrogens is 1. The van der Waals surface area contributed by atoms with E-state index in [0.717, 1.165) is 42.5 Å². The molecule has 1 heterocycles. The maximum Gasteiger partial charge on any atom is 0.258 e. The van der Waals surface area contributed by atoms with Gasteiger partial charge in [0.2, 0.25) is 5.88 Å². The van der Waals surface area contributed by atoms with E-state index in [9.17, 15) is 10.1 Å². The number of fused-ring (bicyclic) bond motifs is 1. The minimum atomic E-state index is -0.226. The molecule has 0 atom stereocenters. The topological polar surface area (TPSA) is 75.0 Å². The van der Waals surface area contributed by atoms with E-state index in [0.29, 0.717) is 23.9 Å². The predicted octanol–water partition coefficient (Wildman–Crippen LogP) is 3.34. The van der Waals surface area contributed by atoms with Gasteiger partial charge >= 0.3 is 0 Å². The quantitative estimate of drug-likeness (QED) is 0.819. The van der Waals surface area contributed by atoms with Gasteiger partial charge in [0, 0.05) is 12.2 Å². The van der Waals surface area contributed by atoms with Crippen molar-refractivity contribution in [2.45, 2.75) is 46.1 Å². The average Bonchev–Trinajstić information content (AvgIpc) is 3.15. The van der Waals surface area contributed by atoms with E-state index in [4.69, 9.17) is 4.74 Å². The zero-order valence-electron chi connectivity index (χ0n) is 15.9. The number of nitriles is 1. The summed E-state index contributed by atoms with van der Waals surface area (Å²) in [4.78, 5) is 16.8. The van der Waals surface area contributed by atoms with E-state index in [1.807, 2.05) is 30.3 Å². The molecular weight excluding hydrogens is 338 g/mol. The summed E-state index contributed by atoms with van der Waals surface area (Å²) >= 11 is 0. The van der Waals surface area contributed by atoms with E-state index >= 15 is 0 Å². The Balaban J connectivity index is 1.70. The number of nitrogens with one attached hydrogen (secondary N) is 1. The molecule has 140 valence electrons. The Bertz CT molecular complexity index is 854. The summed E-state index contributed by atoms with van der Waals surface area (Å²) in [5, 5.41) is 12.4. The van der Waals surface area contributed by atoms with Gasteiger partial charge in [0.1, 0.15) is 11.6 Å². The molecular formula is C22H25N3O2. The monoisotopic (exact) mass is 363 g/mol. The number of pyridine rings is 1. The minimum Gasteiger partial charge on any atom is -0.467 e. The number of ether oxygens (including phenoxy) is 1. The molecule has 1 aliphatic carbocycles. The molecule has 0 saturated heterocycles. The Labute approximate surface area is 160 Å². The van der Waals surface area contributed by atoms with E-state index in [2.05, 4.69) is 30.2 Å². The fraction of sp³-hybridized carbons (Fsp3) is 0.409. The third-order valence-corrected chi connectivity index (χ3v) is 4.70. The second-order valence-electron chi connectivity index (χ2n) is 7.31. The van der Waals surface area contributed by atoms with Gasteiger partial charge < -0.3 is 10.1 Å². The van der Waals surface area contributed by atoms with Crippen LogP contribution < -0.4 is 10.1 Å². The number of benzene rings is 1. The zero-order valence-corrected chi connectivity index (χ0v) is 15.9. The van der Waals surface area contributed by atoms with Crippen molar-refractivity contribution in [3.8, 4) is 11.9 Å². The highest BCUT2D eigenvalue weighted by Gasteiger charge is 2.24. The third kappa shape index (κ3) is 4.65. The van der Waals surface area contributed by atoms with Crippen molar-refractivity contribution in [3.63, 3.8) is 0 Å². The van der Waals surface area contributed by atoms with E-state index in [1.54, 1.807) is 0 Å². The van der Waals surface area contributed by atoms with Crippen molar-refractivity contribution in [2.24, 2.45) is 5.92 Å². The SMILES string of the molecule is CC(C)Cc1nc(OCC(=O)NCc2ccccc2)c(C#N)c2c1CCC2. The van der Waals surface area contributed by atoms with E-state index < -0.39 is 0 Å². The number of amides is 1. The maximum absolute atomic E-state index is 12.1. The minimum absolute atomic E-state index is 0.144. The molecule has 0 aliphatic heterocycles. The lowest BCUT2D eigenvalue weighted by Crippen LogP contribution is -2.28. The summed E-state index contributed by atoms with van der Waals surface area (Å²) < 4.78 is 5.68. The first-order chi connectivity index (χ1) is 13.1. The first-order valence-corrected chi connectivity index (χ1v) is 9.46. The standard InChI is InChI=1S/C22H25N3O2/c1-15(2)11-20-18-10-6-9-17(18)19(12-23)22(25-20)27-14-21(26)24-13-16-7-4-3-5-8-16/h3-5,7-8,15H,6,9-11,13-14H2,1-2H3,(H,24,26). The largest absolute Gasteiger partial charge is 0.467 e. The van der Waals surface area contributed by atoms with Gasteiger partial charge in [-0.05, 0) is 48.3 Å². The Kier molecular flexibility index (Phi) is 6.08. The van der Waals surface area contributed by atoms with Crippen molar-refractivity contribution < 1.29 is 9.53 Å². The molecule has 5 heteroatoms. The molecule has 0 saturated carbocycles. The lowest BCUT2D eigenvalue weighted by atomic mass is 9.98. The van der Waals surface area contributed by atoms with Crippen LogP contribution in [-0.2, 0) is 30.6 Å². The highest BCUT2D eigenvalue weighted by Crippen LogP contribution is 2.33. The van der Waals surface area contributed by atoms with Crippen LogP contribution >= 0.6 is 0 Å². The van der Waals surface area contributed by atoms with Crippen LogP contribution in [0.15, 0.2) is 30.3 Å². The summed E-state index contributed by atoms with van der Waals surface area (Å²) in [6.45, 7) is 4.61. The number of hydrogen-bond acceptors (Lipinski definition) is 4. The highest BCUT2D eigenvalue weighted by atomic mass is 16.5. The van der Waals surface area contributed by atoms with Crippen LogP contribution in [0.2, 0.25) is 0 Å². The van der Waals surface area contributed by atoms with Crippen molar-refractivity contribution in [1.82, 2.24) is 10.3 Å². The fourth-order valence-electron chi connectivity index (χ4n) is 3.47. The Hall–Kier alpha value is -2.87. The molecule has 1 aromatic heterocycles. The Morgan fingerprint density at radius 2 is 2.00 bits per heavy atom. The number of nitrogens with zero attached hydrogens (tertiary/aromatic N) is 2. The van der Waals surface area contributed by atoms with Gasteiger partial charge in [0.15, 0.2) is 6.61 Å². The number of hydrogen-bond donors (Lipinski definition) is 1. The second-order valence-corrected chi connectivity index (χ2v) is 7.31. The van der Waals surface area contributed by atoms with Gasteiger partial charge in [-0.3, -0.25) is 4.79 Å². The maximum atomic E-state index is 12.1. The first-order valence-electron chi connectivity index (χ1n) is 9.46. The molecule has 0 spiro atoms. The van der Waals surface area contributed by atoms with E-state index in [-0.39, 0.29) is 12.5 Å². The van der Waals surface area contributed by atoms with Crippen LogP contribution in [0.25, 0.3) is 0 Å². The zero-order chi connectivity index (χ0) is 19.2. The van der Waals surface area contributed by atoms with Gasteiger partial charge in [-0.2, -0.15) is 5.26 Å². The van der Waals surface area contributed by atoms with Crippen LogP contribution in [-0.4, -0.2) is 17.5 Å². The number of rotatable bonds is 7. The molecule has 0 bridgehead atoms. The smallest absolute Gasteiger partial charge is 0.258 e. The summed E-state index contributed by atoms with van der Waals surface area (Å²) in [7, 11) is 0. The summed E-state index contributed by atoms with van der Waals surface area (Å²) in [6.07, 6.45) is 3.74. The second kappa shape index (κ2) is 8.68. The molecule has 1 N–H and O–H groups in total. The van der Waals surface area contributed by atoms with Crippen LogP contribution in [0, 0.1) is 17.2 Å². The lowest BCUT2D eigenvalue weighted by Gasteiger charge is -2.15. The predicted molar refractivity (Wildman–Crippen MR) is 103 cm³/mol. The molecule has 0 unspecified atom stereocenters. The molecule has 0 fully saturated rings. The van der Waals surface area contributed by atoms with Crippen molar-refractivity contribution in [3.05, 3.63) is 58.3 Å². The van der Waals surface area contributed by atoms with Crippen LogP contribution in [0.1, 0.15) is 48.2 Å². The number of carbonyl (C=O) groups excluding carboxylic acids is 1. The average molecular weight is 363 g/mol. The Morgan fingerprint density at radius 3 is 2.70 bits per heavy atom. The fourth-order valence-corrected chi connectivity index (χ4v) is 3.47. The molecule has 1 amide bonds. The van der Waals surface area contributed by atoms with Crippen molar-refractivity contribution in [1.29, 1.82) is 5.26 Å². The van der Waals surface area contributed by atoms with Crippen molar-refractivity contribution >= 4 is 5.91 Å². The molecule has 27 heavy (non-hydrogen) atoms. The Morgan fingerprint density at radius 1 is 1.26 bits per heavy atom. The molecule has 5 nitrogen and oxygen atoms in total. The third-order valence-electron chi connectivity index (χ3n) is 4.70. The summed E-state index contributed by atoms with van der Waals surface area (Å²) in [5.74, 6) is 0.538. The number of carbonyl (C=O) groups is 1. The molecule has 0 radical (unpaired) electrons. The highest BCUT2D eigenvalue weighted by molar-refractivity contribution is 5.77. The van der Waals surface area contributed by atoms with Crippen LogP contribution in [0.3, 0.4) is 0 Å². The van der Waals surface area contributed by atoms with Gasteiger partial charge in [0.05, 0.1) is 0 Å². The summed E-state index contributed by atoms with van der Waals surface area (Å²) in [5.41, 5.74) is 4.80. The van der Waals surface area contributed by atoms with Gasteiger partial charge in [-0.25, -0.2) is 4.98 Å². The van der Waals surface area contributed by atoms with Gasteiger partial charge in [-0.1, -0.05) is 44.2 Å². The summed E-state index contributed by atoms with van der Waals surface area (Å²) in [6, 6.07) is 11.9. The van der Waals surface area contributed by atoms with Gasteiger partial charge in [0.25, 0.3) is 5.91 Å². The van der Waals surface area contributed by atoms with Gasteiger partial charge in [-0.15, -0.1) is 0 Å². The molecule has 3 rings (SSSR count). The van der Waals surface area contributed by atoms with Crippen LogP contribution in [0.5, 0.6) is 5.88 Å². The van der Waals surface area contributed by atoms with E-state index in [1.165, 1.54) is 5.56 Å². The molecule has 1 aromatic carbocycles. The lowest BCUT2D eigenvalue weighted by molar-refractivity contribution is -0.123. The normalized spacial score (nSPS) is 12.5. The molecule has 2 aromatic rings.